The van der Waals surface area contributed by atoms with Crippen molar-refractivity contribution in [1.82, 2.24) is 15.2 Å². The Kier molecular flexibility index (Phi) is 5.06. The molecular weight excluding hydrogens is 426 g/mol. The molecule has 1 amide bonds. The molecule has 2 aliphatic rings. The lowest BCUT2D eigenvalue weighted by Gasteiger charge is -2.28. The van der Waals surface area contributed by atoms with Gasteiger partial charge in [-0.05, 0) is 24.3 Å². The van der Waals surface area contributed by atoms with Crippen LogP contribution in [0.1, 0.15) is 6.42 Å². The van der Waals surface area contributed by atoms with Crippen molar-refractivity contribution in [3.05, 3.63) is 50.3 Å². The van der Waals surface area contributed by atoms with Crippen molar-refractivity contribution in [2.24, 2.45) is 0 Å². The van der Waals surface area contributed by atoms with Gasteiger partial charge in [0.15, 0.2) is 0 Å². The predicted molar refractivity (Wildman–Crippen MR) is 116 cm³/mol. The topological polar surface area (TPSA) is 84.7 Å². The van der Waals surface area contributed by atoms with Gasteiger partial charge < -0.3 is 19.4 Å². The van der Waals surface area contributed by atoms with Crippen LogP contribution in [0, 0.1) is 0 Å². The minimum atomic E-state index is -0.484. The number of fused-ring (bicyclic) bond motifs is 2. The van der Waals surface area contributed by atoms with Gasteiger partial charge in [0.1, 0.15) is 22.0 Å². The number of nitrogens with zero attached hydrogens (tertiary/aromatic N) is 2. The number of ether oxygens (including phenoxy) is 1. The number of para-hydroxylation sites is 1. The molecule has 1 atom stereocenters. The number of hydrogen-bond donors (Lipinski definition) is 1. The molecule has 7 nitrogen and oxygen atoms in total. The van der Waals surface area contributed by atoms with E-state index in [1.807, 2.05) is 18.2 Å². The van der Waals surface area contributed by atoms with E-state index in [1.54, 1.807) is 23.1 Å². The number of hydrogen-bond acceptors (Lipinski definition) is 7. The van der Waals surface area contributed by atoms with Crippen molar-refractivity contribution in [3.63, 3.8) is 0 Å². The molecule has 1 saturated heterocycles. The summed E-state index contributed by atoms with van der Waals surface area (Å²) in [6, 6.07) is 7.32. The molecule has 0 radical (unpaired) electrons. The van der Waals surface area contributed by atoms with Gasteiger partial charge in [-0.25, -0.2) is 14.6 Å². The van der Waals surface area contributed by atoms with Gasteiger partial charge >= 0.3 is 11.7 Å². The molecule has 1 aromatic carbocycles. The highest BCUT2D eigenvalue weighted by Gasteiger charge is 2.22. The van der Waals surface area contributed by atoms with Crippen molar-refractivity contribution < 1.29 is 13.9 Å². The number of piperazine rings is 1. The first-order valence-electron chi connectivity index (χ1n) is 9.66. The lowest BCUT2D eigenvalue weighted by Crippen LogP contribution is -2.47. The Morgan fingerprint density at radius 1 is 1.33 bits per heavy atom. The largest absolute Gasteiger partial charge is 0.441 e. The van der Waals surface area contributed by atoms with Crippen LogP contribution >= 0.6 is 22.9 Å². The van der Waals surface area contributed by atoms with Crippen LogP contribution in [0.2, 0.25) is 5.02 Å². The zero-order valence-electron chi connectivity index (χ0n) is 15.9. The smallest absolute Gasteiger partial charge is 0.410 e. The summed E-state index contributed by atoms with van der Waals surface area (Å²) in [5.74, 6) is 0. The standard InChI is InChI=1S/C21H18ClN3O4S/c22-15-2-1-3-17-18(15)24-19(30-17)14-10-12-4-5-13(11-16(12)29-20(14)26)28-21(27)25-8-6-23-7-9-25/h1-4,10-11,13,23H,5-9H2. The summed E-state index contributed by atoms with van der Waals surface area (Å²) in [6.07, 6.45) is 3.31. The Morgan fingerprint density at radius 3 is 2.97 bits per heavy atom. The summed E-state index contributed by atoms with van der Waals surface area (Å²) >= 11 is 7.60. The predicted octanol–water partition coefficient (Wildman–Crippen LogP) is 1.94. The van der Waals surface area contributed by atoms with Gasteiger partial charge in [0, 0.05) is 37.8 Å². The third-order valence-corrected chi connectivity index (χ3v) is 6.50. The van der Waals surface area contributed by atoms with Crippen LogP contribution in [0.15, 0.2) is 33.5 Å². The van der Waals surface area contributed by atoms with E-state index < -0.39 is 11.7 Å². The van der Waals surface area contributed by atoms with Crippen LogP contribution in [0.4, 0.5) is 4.79 Å². The number of rotatable bonds is 2. The number of carbonyl (C=O) groups excluding carboxylic acids is 1. The summed E-state index contributed by atoms with van der Waals surface area (Å²) in [7, 11) is 0. The number of thiazole rings is 1. The fourth-order valence-corrected chi connectivity index (χ4v) is 4.85. The highest BCUT2D eigenvalue weighted by Crippen LogP contribution is 2.31. The van der Waals surface area contributed by atoms with E-state index in [2.05, 4.69) is 10.3 Å². The molecule has 0 spiro atoms. The van der Waals surface area contributed by atoms with Crippen molar-refractivity contribution in [3.8, 4) is 10.6 Å². The average Bonchev–Trinajstić information content (AvgIpc) is 3.19. The number of amides is 1. The van der Waals surface area contributed by atoms with E-state index in [-0.39, 0.29) is 6.09 Å². The molecular formula is C21H18ClN3O4S. The van der Waals surface area contributed by atoms with Crippen LogP contribution in [0.25, 0.3) is 32.9 Å². The van der Waals surface area contributed by atoms with E-state index in [1.165, 1.54) is 11.3 Å². The van der Waals surface area contributed by atoms with Crippen LogP contribution in [0.3, 0.4) is 0 Å². The normalized spacial score (nSPS) is 18.4. The molecule has 1 unspecified atom stereocenters. The molecule has 5 rings (SSSR count). The Bertz CT molecular complexity index is 1310. The van der Waals surface area contributed by atoms with Gasteiger partial charge in [-0.15, -0.1) is 11.3 Å². The summed E-state index contributed by atoms with van der Waals surface area (Å²) in [6.45, 7) is 2.76. The van der Waals surface area contributed by atoms with Gasteiger partial charge in [-0.2, -0.15) is 0 Å². The Labute approximate surface area is 180 Å². The van der Waals surface area contributed by atoms with E-state index in [4.69, 9.17) is 20.8 Å². The summed E-state index contributed by atoms with van der Waals surface area (Å²) in [5.41, 5.74) is 0.994. The first kappa shape index (κ1) is 19.3. The second-order valence-corrected chi connectivity index (χ2v) is 8.58. The lowest BCUT2D eigenvalue weighted by molar-refractivity contribution is 0.0822. The zero-order valence-corrected chi connectivity index (χ0v) is 17.5. The maximum absolute atomic E-state index is 12.6. The fourth-order valence-electron chi connectivity index (χ4n) is 3.58. The Balaban J connectivity index is 1.44. The molecule has 0 bridgehead atoms. The maximum atomic E-state index is 12.6. The van der Waals surface area contributed by atoms with Crippen LogP contribution in [-0.2, 0) is 4.74 Å². The van der Waals surface area contributed by atoms with Crippen LogP contribution < -0.4 is 21.6 Å². The van der Waals surface area contributed by atoms with Gasteiger partial charge in [-0.3, -0.25) is 0 Å². The fraction of sp³-hybridized carbons (Fsp3) is 0.286. The molecule has 9 heteroatoms. The quantitative estimate of drug-likeness (QED) is 0.651. The third kappa shape index (κ3) is 3.62. The van der Waals surface area contributed by atoms with Crippen molar-refractivity contribution in [1.29, 1.82) is 0 Å². The minimum absolute atomic E-state index is 0.347. The molecule has 1 fully saturated rings. The third-order valence-electron chi connectivity index (χ3n) is 5.14. The first-order chi connectivity index (χ1) is 14.6. The lowest BCUT2D eigenvalue weighted by atomic mass is 10.1. The van der Waals surface area contributed by atoms with Gasteiger partial charge in [0.05, 0.1) is 15.3 Å². The highest BCUT2D eigenvalue weighted by atomic mass is 35.5. The van der Waals surface area contributed by atoms with Gasteiger partial charge in [-0.1, -0.05) is 23.7 Å². The van der Waals surface area contributed by atoms with E-state index in [0.717, 1.165) is 23.0 Å². The summed E-state index contributed by atoms with van der Waals surface area (Å²) < 4.78 is 12.0. The van der Waals surface area contributed by atoms with Crippen molar-refractivity contribution in [2.45, 2.75) is 12.5 Å². The number of nitrogens with one attached hydrogen (secondary N) is 1. The van der Waals surface area contributed by atoms with Gasteiger partial charge in [0.25, 0.3) is 0 Å². The molecule has 1 aliphatic heterocycles. The van der Waals surface area contributed by atoms with Crippen LogP contribution in [-0.4, -0.2) is 48.3 Å². The minimum Gasteiger partial charge on any atom is -0.441 e. The molecule has 30 heavy (non-hydrogen) atoms. The van der Waals surface area contributed by atoms with Gasteiger partial charge in [0.2, 0.25) is 0 Å². The van der Waals surface area contributed by atoms with E-state index >= 15 is 0 Å². The highest BCUT2D eigenvalue weighted by molar-refractivity contribution is 7.21. The summed E-state index contributed by atoms with van der Waals surface area (Å²) in [5, 5.41) is 5.09. The second kappa shape index (κ2) is 7.86. The second-order valence-electron chi connectivity index (χ2n) is 7.14. The SMILES string of the molecule is O=C(OC1C=c2oc(=O)c(-c3nc4c(Cl)cccc4s3)cc2=CC1)N1CCNCC1. The first-order valence-corrected chi connectivity index (χ1v) is 10.9. The van der Waals surface area contributed by atoms with Crippen molar-refractivity contribution >= 4 is 51.4 Å². The molecule has 154 valence electrons. The molecule has 1 N–H and O–H groups in total. The Hall–Kier alpha value is -2.68. The zero-order chi connectivity index (χ0) is 20.7. The number of halogens is 1. The number of benzene rings is 1. The summed E-state index contributed by atoms with van der Waals surface area (Å²) in [4.78, 5) is 31.2. The Morgan fingerprint density at radius 2 is 2.17 bits per heavy atom. The van der Waals surface area contributed by atoms with E-state index in [0.29, 0.717) is 46.0 Å². The van der Waals surface area contributed by atoms with Crippen molar-refractivity contribution in [2.75, 3.05) is 26.2 Å². The molecule has 0 saturated carbocycles. The number of carbonyl (C=O) groups is 1. The molecule has 3 aromatic rings. The molecule has 3 heterocycles. The molecule has 2 aromatic heterocycles. The van der Waals surface area contributed by atoms with E-state index in [9.17, 15) is 9.59 Å². The number of aromatic nitrogens is 1. The van der Waals surface area contributed by atoms with Crippen LogP contribution in [0.5, 0.6) is 0 Å². The molecule has 1 aliphatic carbocycles. The monoisotopic (exact) mass is 443 g/mol. The maximum Gasteiger partial charge on any atom is 0.410 e. The average molecular weight is 444 g/mol.